The van der Waals surface area contributed by atoms with Crippen molar-refractivity contribution in [2.24, 2.45) is 0 Å². The number of benzene rings is 1. The molecule has 0 spiro atoms. The van der Waals surface area contributed by atoms with Crippen molar-refractivity contribution in [2.75, 3.05) is 0 Å². The normalized spacial score (nSPS) is 10.8. The standard InChI is InChI=1S/C11H8N2O2S/c14-11(15)10-12-9(13-16-10)7-6-8-4-2-1-3-5-8/h1-7H,(H,14,15)/b7-6+. The summed E-state index contributed by atoms with van der Waals surface area (Å²) >= 11 is 0.881. The Hall–Kier alpha value is -2.01. The molecular weight excluding hydrogens is 224 g/mol. The minimum absolute atomic E-state index is 0.00714. The number of hydrogen-bond donors (Lipinski definition) is 1. The zero-order valence-corrected chi connectivity index (χ0v) is 9.02. The zero-order chi connectivity index (χ0) is 11.4. The highest BCUT2D eigenvalue weighted by molar-refractivity contribution is 7.07. The van der Waals surface area contributed by atoms with Gasteiger partial charge in [-0.1, -0.05) is 36.4 Å². The van der Waals surface area contributed by atoms with Gasteiger partial charge in [-0.25, -0.2) is 9.78 Å². The van der Waals surface area contributed by atoms with E-state index in [0.29, 0.717) is 5.82 Å². The van der Waals surface area contributed by atoms with Gasteiger partial charge in [0.15, 0.2) is 5.82 Å². The molecular formula is C11H8N2O2S. The van der Waals surface area contributed by atoms with Crippen molar-refractivity contribution in [3.8, 4) is 0 Å². The number of carbonyl (C=O) groups is 1. The van der Waals surface area contributed by atoms with Gasteiger partial charge >= 0.3 is 5.97 Å². The molecule has 0 aliphatic rings. The number of carboxylic acid groups (broad SMARTS) is 1. The first-order valence-electron chi connectivity index (χ1n) is 4.56. The number of aromatic carboxylic acids is 1. The molecule has 1 aromatic carbocycles. The Balaban J connectivity index is 2.15. The van der Waals surface area contributed by atoms with E-state index >= 15 is 0 Å². The lowest BCUT2D eigenvalue weighted by atomic mass is 10.2. The Kier molecular flexibility index (Phi) is 3.07. The highest BCUT2D eigenvalue weighted by atomic mass is 32.1. The summed E-state index contributed by atoms with van der Waals surface area (Å²) in [5, 5.41) is 8.67. The first-order chi connectivity index (χ1) is 7.75. The van der Waals surface area contributed by atoms with Crippen LogP contribution >= 0.6 is 11.5 Å². The van der Waals surface area contributed by atoms with E-state index in [1.165, 1.54) is 0 Å². The third-order valence-corrected chi connectivity index (χ3v) is 2.57. The molecule has 2 rings (SSSR count). The van der Waals surface area contributed by atoms with Crippen LogP contribution in [0, 0.1) is 0 Å². The quantitative estimate of drug-likeness (QED) is 0.882. The summed E-state index contributed by atoms with van der Waals surface area (Å²) in [7, 11) is 0. The maximum absolute atomic E-state index is 10.6. The molecule has 0 aliphatic carbocycles. The predicted octanol–water partition coefficient (Wildman–Crippen LogP) is 2.41. The summed E-state index contributed by atoms with van der Waals surface area (Å²) in [6, 6.07) is 9.68. The van der Waals surface area contributed by atoms with Crippen LogP contribution in [-0.2, 0) is 0 Å². The predicted molar refractivity (Wildman–Crippen MR) is 62.2 cm³/mol. The van der Waals surface area contributed by atoms with Crippen molar-refractivity contribution in [3.05, 3.63) is 46.7 Å². The summed E-state index contributed by atoms with van der Waals surface area (Å²) in [6.45, 7) is 0. The number of rotatable bonds is 3. The lowest BCUT2D eigenvalue weighted by Gasteiger charge is -1.88. The molecule has 80 valence electrons. The van der Waals surface area contributed by atoms with Gasteiger partial charge < -0.3 is 5.11 Å². The summed E-state index contributed by atoms with van der Waals surface area (Å²) in [5.74, 6) is -0.622. The van der Waals surface area contributed by atoms with E-state index in [1.54, 1.807) is 6.08 Å². The lowest BCUT2D eigenvalue weighted by molar-refractivity contribution is 0.0696. The Labute approximate surface area is 96.1 Å². The van der Waals surface area contributed by atoms with Gasteiger partial charge in [-0.05, 0) is 23.2 Å². The van der Waals surface area contributed by atoms with Crippen molar-refractivity contribution in [1.29, 1.82) is 0 Å². The first-order valence-corrected chi connectivity index (χ1v) is 5.33. The number of aromatic nitrogens is 2. The van der Waals surface area contributed by atoms with Crippen molar-refractivity contribution in [1.82, 2.24) is 9.36 Å². The molecule has 2 aromatic rings. The summed E-state index contributed by atoms with van der Waals surface area (Å²) in [6.07, 6.45) is 3.53. The summed E-state index contributed by atoms with van der Waals surface area (Å²) in [5.41, 5.74) is 1.02. The maximum Gasteiger partial charge on any atom is 0.366 e. The Morgan fingerprint density at radius 1 is 1.25 bits per heavy atom. The Morgan fingerprint density at radius 3 is 2.62 bits per heavy atom. The highest BCUT2D eigenvalue weighted by Gasteiger charge is 2.08. The zero-order valence-electron chi connectivity index (χ0n) is 8.20. The molecule has 5 heteroatoms. The van der Waals surface area contributed by atoms with Crippen LogP contribution in [-0.4, -0.2) is 20.4 Å². The highest BCUT2D eigenvalue weighted by Crippen LogP contribution is 2.08. The topological polar surface area (TPSA) is 63.1 Å². The van der Waals surface area contributed by atoms with E-state index in [4.69, 9.17) is 5.11 Å². The fraction of sp³-hybridized carbons (Fsp3) is 0. The molecule has 0 saturated heterocycles. The maximum atomic E-state index is 10.6. The molecule has 1 aromatic heterocycles. The molecule has 0 atom stereocenters. The Bertz CT molecular complexity index is 520. The van der Waals surface area contributed by atoms with Gasteiger partial charge in [0.1, 0.15) is 0 Å². The van der Waals surface area contributed by atoms with Crippen LogP contribution in [0.25, 0.3) is 12.2 Å². The number of carboxylic acids is 1. The third-order valence-electron chi connectivity index (χ3n) is 1.85. The molecule has 0 fully saturated rings. The Morgan fingerprint density at radius 2 is 2.00 bits per heavy atom. The number of nitrogens with zero attached hydrogens (tertiary/aromatic N) is 2. The van der Waals surface area contributed by atoms with Crippen LogP contribution in [0.4, 0.5) is 0 Å². The van der Waals surface area contributed by atoms with Crippen molar-refractivity contribution in [3.63, 3.8) is 0 Å². The van der Waals surface area contributed by atoms with Gasteiger partial charge in [0, 0.05) is 0 Å². The molecule has 0 bridgehead atoms. The fourth-order valence-electron chi connectivity index (χ4n) is 1.12. The summed E-state index contributed by atoms with van der Waals surface area (Å²) < 4.78 is 3.92. The SMILES string of the molecule is O=C(O)c1nc(/C=C/c2ccccc2)ns1. The van der Waals surface area contributed by atoms with Gasteiger partial charge in [0.05, 0.1) is 0 Å². The van der Waals surface area contributed by atoms with E-state index in [9.17, 15) is 4.79 Å². The van der Waals surface area contributed by atoms with Crippen LogP contribution in [0.1, 0.15) is 21.2 Å². The average Bonchev–Trinajstić information content (AvgIpc) is 2.76. The van der Waals surface area contributed by atoms with Crippen molar-refractivity contribution >= 4 is 29.7 Å². The molecule has 1 N–H and O–H groups in total. The molecule has 0 aliphatic heterocycles. The minimum atomic E-state index is -1.04. The summed E-state index contributed by atoms with van der Waals surface area (Å²) in [4.78, 5) is 14.4. The molecule has 1 heterocycles. The van der Waals surface area contributed by atoms with Crippen molar-refractivity contribution < 1.29 is 9.90 Å². The molecule has 0 radical (unpaired) electrons. The smallest absolute Gasteiger partial charge is 0.366 e. The first kappa shape index (κ1) is 10.5. The van der Waals surface area contributed by atoms with E-state index in [-0.39, 0.29) is 5.01 Å². The van der Waals surface area contributed by atoms with Gasteiger partial charge in [0.2, 0.25) is 5.01 Å². The lowest BCUT2D eigenvalue weighted by Crippen LogP contribution is -1.93. The monoisotopic (exact) mass is 232 g/mol. The molecule has 0 amide bonds. The van der Waals surface area contributed by atoms with Gasteiger partial charge in [0.25, 0.3) is 0 Å². The van der Waals surface area contributed by atoms with E-state index in [0.717, 1.165) is 17.1 Å². The van der Waals surface area contributed by atoms with E-state index in [1.807, 2.05) is 36.4 Å². The number of hydrogen-bond acceptors (Lipinski definition) is 4. The second-order valence-electron chi connectivity index (χ2n) is 3.01. The van der Waals surface area contributed by atoms with Gasteiger partial charge in [-0.3, -0.25) is 0 Å². The van der Waals surface area contributed by atoms with Crippen LogP contribution < -0.4 is 0 Å². The van der Waals surface area contributed by atoms with Gasteiger partial charge in [-0.15, -0.1) is 0 Å². The largest absolute Gasteiger partial charge is 0.476 e. The van der Waals surface area contributed by atoms with Crippen LogP contribution in [0.15, 0.2) is 30.3 Å². The van der Waals surface area contributed by atoms with E-state index < -0.39 is 5.97 Å². The van der Waals surface area contributed by atoms with E-state index in [2.05, 4.69) is 9.36 Å². The second-order valence-corrected chi connectivity index (χ2v) is 3.76. The van der Waals surface area contributed by atoms with Crippen LogP contribution in [0.3, 0.4) is 0 Å². The van der Waals surface area contributed by atoms with Crippen LogP contribution in [0.2, 0.25) is 0 Å². The average molecular weight is 232 g/mol. The molecule has 16 heavy (non-hydrogen) atoms. The van der Waals surface area contributed by atoms with Crippen molar-refractivity contribution in [2.45, 2.75) is 0 Å². The molecule has 0 unspecified atom stereocenters. The third kappa shape index (κ3) is 2.52. The molecule has 4 nitrogen and oxygen atoms in total. The van der Waals surface area contributed by atoms with Crippen LogP contribution in [0.5, 0.6) is 0 Å². The fourth-order valence-corrected chi connectivity index (χ4v) is 1.62. The second kappa shape index (κ2) is 4.67. The molecule has 0 saturated carbocycles. The van der Waals surface area contributed by atoms with Gasteiger partial charge in [-0.2, -0.15) is 4.37 Å². The minimum Gasteiger partial charge on any atom is -0.476 e.